The SMILES string of the molecule is CCCCCCCCCCCCC(C)(CO)CO. The van der Waals surface area contributed by atoms with E-state index in [0.717, 1.165) is 12.8 Å². The van der Waals surface area contributed by atoms with Gasteiger partial charge in [-0.25, -0.2) is 0 Å². The first-order valence-corrected chi connectivity index (χ1v) is 7.90. The Bertz CT molecular complexity index is 164. The molecular formula is C16H34O2. The van der Waals surface area contributed by atoms with Crippen molar-refractivity contribution in [1.82, 2.24) is 0 Å². The zero-order valence-corrected chi connectivity index (χ0v) is 12.6. The molecule has 0 rings (SSSR count). The molecule has 0 aromatic rings. The minimum absolute atomic E-state index is 0.0981. The highest BCUT2D eigenvalue weighted by Gasteiger charge is 2.21. The van der Waals surface area contributed by atoms with Gasteiger partial charge in [-0.2, -0.15) is 0 Å². The monoisotopic (exact) mass is 258 g/mol. The molecule has 2 N–H and O–H groups in total. The molecule has 0 amide bonds. The fourth-order valence-electron chi connectivity index (χ4n) is 2.25. The molecular weight excluding hydrogens is 224 g/mol. The second kappa shape index (κ2) is 12.0. The summed E-state index contributed by atoms with van der Waals surface area (Å²) in [6.07, 6.45) is 14.3. The highest BCUT2D eigenvalue weighted by molar-refractivity contribution is 4.71. The number of rotatable bonds is 13. The van der Waals surface area contributed by atoms with Gasteiger partial charge < -0.3 is 10.2 Å². The summed E-state index contributed by atoms with van der Waals surface area (Å²) in [6.45, 7) is 4.41. The maximum Gasteiger partial charge on any atom is 0.0506 e. The van der Waals surface area contributed by atoms with Crippen LogP contribution >= 0.6 is 0 Å². The van der Waals surface area contributed by atoms with Crippen molar-refractivity contribution in [1.29, 1.82) is 0 Å². The van der Waals surface area contributed by atoms with Crippen molar-refractivity contribution in [2.45, 2.75) is 84.5 Å². The smallest absolute Gasteiger partial charge is 0.0506 e. The van der Waals surface area contributed by atoms with Crippen LogP contribution in [-0.2, 0) is 0 Å². The highest BCUT2D eigenvalue weighted by Crippen LogP contribution is 2.23. The van der Waals surface area contributed by atoms with Gasteiger partial charge in [0.25, 0.3) is 0 Å². The minimum atomic E-state index is -0.264. The number of aliphatic hydroxyl groups excluding tert-OH is 2. The van der Waals surface area contributed by atoms with E-state index in [2.05, 4.69) is 6.92 Å². The minimum Gasteiger partial charge on any atom is -0.396 e. The second-order valence-electron chi connectivity index (χ2n) is 6.06. The molecule has 0 fully saturated rings. The van der Waals surface area contributed by atoms with Gasteiger partial charge in [0, 0.05) is 5.41 Å². The van der Waals surface area contributed by atoms with Crippen molar-refractivity contribution >= 4 is 0 Å². The Kier molecular flexibility index (Phi) is 11.9. The Balaban J connectivity index is 3.21. The third-order valence-electron chi connectivity index (χ3n) is 3.90. The van der Waals surface area contributed by atoms with E-state index in [0.29, 0.717) is 0 Å². The van der Waals surface area contributed by atoms with Crippen LogP contribution in [0, 0.1) is 5.41 Å². The lowest BCUT2D eigenvalue weighted by atomic mass is 9.86. The average Bonchev–Trinajstić information content (AvgIpc) is 2.40. The first-order valence-electron chi connectivity index (χ1n) is 7.90. The molecule has 0 atom stereocenters. The Morgan fingerprint density at radius 2 is 1.06 bits per heavy atom. The number of aliphatic hydroxyl groups is 2. The van der Waals surface area contributed by atoms with E-state index in [1.54, 1.807) is 0 Å². The van der Waals surface area contributed by atoms with Crippen LogP contribution in [-0.4, -0.2) is 23.4 Å². The first kappa shape index (κ1) is 17.9. The third kappa shape index (κ3) is 9.90. The van der Waals surface area contributed by atoms with Crippen LogP contribution in [0.4, 0.5) is 0 Å². The van der Waals surface area contributed by atoms with E-state index < -0.39 is 0 Å². The predicted molar refractivity (Wildman–Crippen MR) is 78.7 cm³/mol. The topological polar surface area (TPSA) is 40.5 Å². The van der Waals surface area contributed by atoms with Gasteiger partial charge in [-0.15, -0.1) is 0 Å². The van der Waals surface area contributed by atoms with Gasteiger partial charge in [0.15, 0.2) is 0 Å². The van der Waals surface area contributed by atoms with Crippen LogP contribution in [0.2, 0.25) is 0 Å². The normalized spacial score (nSPS) is 12.0. The van der Waals surface area contributed by atoms with E-state index in [1.807, 2.05) is 6.92 Å². The highest BCUT2D eigenvalue weighted by atomic mass is 16.3. The Labute approximate surface area is 114 Å². The lowest BCUT2D eigenvalue weighted by Crippen LogP contribution is -2.25. The molecule has 0 aromatic heterocycles. The van der Waals surface area contributed by atoms with Crippen LogP contribution in [0.5, 0.6) is 0 Å². The number of hydrogen-bond acceptors (Lipinski definition) is 2. The van der Waals surface area contributed by atoms with Gasteiger partial charge in [-0.05, 0) is 6.42 Å². The third-order valence-corrected chi connectivity index (χ3v) is 3.90. The molecule has 110 valence electrons. The molecule has 0 bridgehead atoms. The van der Waals surface area contributed by atoms with Gasteiger partial charge in [-0.3, -0.25) is 0 Å². The maximum atomic E-state index is 9.17. The molecule has 18 heavy (non-hydrogen) atoms. The van der Waals surface area contributed by atoms with Gasteiger partial charge in [-0.1, -0.05) is 78.1 Å². The summed E-state index contributed by atoms with van der Waals surface area (Å²) in [5.74, 6) is 0. The van der Waals surface area contributed by atoms with Gasteiger partial charge in [0.05, 0.1) is 13.2 Å². The van der Waals surface area contributed by atoms with Crippen molar-refractivity contribution in [3.05, 3.63) is 0 Å². The molecule has 0 aliphatic heterocycles. The summed E-state index contributed by atoms with van der Waals surface area (Å²) in [7, 11) is 0. The molecule has 0 aromatic carbocycles. The molecule has 0 saturated carbocycles. The molecule has 0 aliphatic carbocycles. The molecule has 2 nitrogen and oxygen atoms in total. The standard InChI is InChI=1S/C16H34O2/c1-3-4-5-6-7-8-9-10-11-12-13-16(2,14-17)15-18/h17-18H,3-15H2,1-2H3. The summed E-state index contributed by atoms with van der Waals surface area (Å²) in [6, 6.07) is 0. The zero-order chi connectivity index (χ0) is 13.7. The van der Waals surface area contributed by atoms with E-state index in [9.17, 15) is 0 Å². The van der Waals surface area contributed by atoms with Crippen LogP contribution in [0.15, 0.2) is 0 Å². The summed E-state index contributed by atoms with van der Waals surface area (Å²) in [5.41, 5.74) is -0.264. The average molecular weight is 258 g/mol. The zero-order valence-electron chi connectivity index (χ0n) is 12.6. The summed E-state index contributed by atoms with van der Waals surface area (Å²) in [4.78, 5) is 0. The van der Waals surface area contributed by atoms with Crippen molar-refractivity contribution in [2.75, 3.05) is 13.2 Å². The quantitative estimate of drug-likeness (QED) is 0.484. The predicted octanol–water partition coefficient (Wildman–Crippen LogP) is 4.29. The Morgan fingerprint density at radius 1 is 0.667 bits per heavy atom. The van der Waals surface area contributed by atoms with E-state index in [1.165, 1.54) is 57.8 Å². The first-order chi connectivity index (χ1) is 8.68. The van der Waals surface area contributed by atoms with Gasteiger partial charge in [0.1, 0.15) is 0 Å². The molecule has 0 radical (unpaired) electrons. The number of unbranched alkanes of at least 4 members (excludes halogenated alkanes) is 9. The fourth-order valence-corrected chi connectivity index (χ4v) is 2.25. The fraction of sp³-hybridized carbons (Fsp3) is 1.00. The summed E-state index contributed by atoms with van der Waals surface area (Å²) < 4.78 is 0. The lowest BCUT2D eigenvalue weighted by molar-refractivity contribution is 0.0605. The van der Waals surface area contributed by atoms with Crippen LogP contribution < -0.4 is 0 Å². The van der Waals surface area contributed by atoms with Crippen LogP contribution in [0.25, 0.3) is 0 Å². The maximum absolute atomic E-state index is 9.17. The van der Waals surface area contributed by atoms with E-state index in [4.69, 9.17) is 10.2 Å². The van der Waals surface area contributed by atoms with E-state index >= 15 is 0 Å². The van der Waals surface area contributed by atoms with Crippen LogP contribution in [0.1, 0.15) is 84.5 Å². The van der Waals surface area contributed by atoms with Gasteiger partial charge >= 0.3 is 0 Å². The molecule has 2 heteroatoms. The second-order valence-corrected chi connectivity index (χ2v) is 6.06. The Hall–Kier alpha value is -0.0800. The lowest BCUT2D eigenvalue weighted by Gasteiger charge is -2.24. The van der Waals surface area contributed by atoms with Crippen molar-refractivity contribution < 1.29 is 10.2 Å². The Morgan fingerprint density at radius 3 is 1.44 bits per heavy atom. The van der Waals surface area contributed by atoms with Crippen molar-refractivity contribution in [2.24, 2.45) is 5.41 Å². The van der Waals surface area contributed by atoms with Crippen molar-refractivity contribution in [3.63, 3.8) is 0 Å². The van der Waals surface area contributed by atoms with Gasteiger partial charge in [0.2, 0.25) is 0 Å². The van der Waals surface area contributed by atoms with Crippen molar-refractivity contribution in [3.8, 4) is 0 Å². The molecule has 0 saturated heterocycles. The number of hydrogen-bond donors (Lipinski definition) is 2. The molecule has 0 heterocycles. The summed E-state index contributed by atoms with van der Waals surface area (Å²) >= 11 is 0. The van der Waals surface area contributed by atoms with Crippen LogP contribution in [0.3, 0.4) is 0 Å². The molecule has 0 unspecified atom stereocenters. The largest absolute Gasteiger partial charge is 0.396 e. The molecule has 0 spiro atoms. The molecule has 0 aliphatic rings. The summed E-state index contributed by atoms with van der Waals surface area (Å²) in [5, 5.41) is 18.3. The van der Waals surface area contributed by atoms with E-state index in [-0.39, 0.29) is 18.6 Å².